The Morgan fingerprint density at radius 1 is 1.23 bits per heavy atom. The topological polar surface area (TPSA) is 20.9 Å². The lowest BCUT2D eigenvalue weighted by Gasteiger charge is -2.00. The van der Waals surface area contributed by atoms with Crippen molar-refractivity contribution < 1.29 is 33.3 Å². The summed E-state index contributed by atoms with van der Waals surface area (Å²) in [7, 11) is 0. The summed E-state index contributed by atoms with van der Waals surface area (Å²) in [5.41, 5.74) is 0. The second-order valence-electron chi connectivity index (χ2n) is 3.20. The number of nitrogens with zero attached hydrogens (tertiary/aromatic N) is 1. The third-order valence-electron chi connectivity index (χ3n) is 2.37. The van der Waals surface area contributed by atoms with Gasteiger partial charge in [0, 0.05) is 25.0 Å². The van der Waals surface area contributed by atoms with E-state index in [4.69, 9.17) is 0 Å². The summed E-state index contributed by atoms with van der Waals surface area (Å²) in [5.74, 6) is 0.381. The number of ketones is 1. The van der Waals surface area contributed by atoms with Crippen LogP contribution in [0.25, 0.3) is 0 Å². The smallest absolute Gasteiger partial charge is 0.216 e. The van der Waals surface area contributed by atoms with E-state index in [2.05, 4.69) is 0 Å². The summed E-state index contributed by atoms with van der Waals surface area (Å²) in [5, 5.41) is 0. The van der Waals surface area contributed by atoms with Crippen molar-refractivity contribution in [1.29, 1.82) is 0 Å². The van der Waals surface area contributed by atoms with E-state index in [-0.39, 0.29) is 30.0 Å². The van der Waals surface area contributed by atoms with Gasteiger partial charge < -0.3 is 24.0 Å². The van der Waals surface area contributed by atoms with Crippen LogP contribution in [0.2, 0.25) is 0 Å². The fraction of sp³-hybridized carbons (Fsp3) is 0.400. The molecule has 0 spiro atoms. The summed E-state index contributed by atoms with van der Waals surface area (Å²) in [4.78, 5) is 11.4. The van der Waals surface area contributed by atoms with Crippen molar-refractivity contribution >= 4 is 5.78 Å². The number of carbonyl (C=O) groups is 1. The molecule has 13 heavy (non-hydrogen) atoms. The summed E-state index contributed by atoms with van der Waals surface area (Å²) in [6.45, 7) is 0. The molecule has 1 fully saturated rings. The molecule has 1 heterocycles. The molecule has 3 heteroatoms. The Bertz CT molecular complexity index is 286. The number of halogens is 1. The van der Waals surface area contributed by atoms with E-state index in [9.17, 15) is 4.79 Å². The molecule has 1 aliphatic carbocycles. The Balaban J connectivity index is 0.000000845. The van der Waals surface area contributed by atoms with E-state index in [0.29, 0.717) is 5.78 Å². The molecule has 1 unspecified atom stereocenters. The molecule has 0 bridgehead atoms. The minimum atomic E-state index is 0. The van der Waals surface area contributed by atoms with Crippen LogP contribution < -0.4 is 28.5 Å². The maximum Gasteiger partial charge on any atom is 0.216 e. The second kappa shape index (κ2) is 4.69. The third-order valence-corrected chi connectivity index (χ3v) is 2.37. The summed E-state index contributed by atoms with van der Waals surface area (Å²) >= 11 is 0. The maximum atomic E-state index is 11.4. The Morgan fingerprint density at radius 3 is 2.46 bits per heavy atom. The molecule has 70 valence electrons. The first-order valence-corrected chi connectivity index (χ1v) is 4.36. The molecule has 0 aliphatic heterocycles. The average Bonchev–Trinajstić information content (AvgIpc) is 2.53. The Morgan fingerprint density at radius 2 is 1.92 bits per heavy atom. The largest absolute Gasteiger partial charge is 1.00 e. The molecule has 2 nitrogen and oxygen atoms in total. The molecule has 0 radical (unpaired) electrons. The zero-order chi connectivity index (χ0) is 8.39. The van der Waals surface area contributed by atoms with Crippen LogP contribution in [0.5, 0.6) is 0 Å². The van der Waals surface area contributed by atoms with E-state index in [1.165, 1.54) is 0 Å². The molecular formula is C10H12INO. The van der Waals surface area contributed by atoms with Crippen LogP contribution in [0.1, 0.15) is 25.3 Å². The van der Waals surface area contributed by atoms with Gasteiger partial charge in [-0.3, -0.25) is 4.79 Å². The predicted molar refractivity (Wildman–Crippen MR) is 44.5 cm³/mol. The minimum Gasteiger partial charge on any atom is -1.00 e. The van der Waals surface area contributed by atoms with Gasteiger partial charge in [-0.05, 0) is 6.42 Å². The predicted octanol–water partition coefficient (Wildman–Crippen LogP) is -1.73. The number of pyridine rings is 1. The van der Waals surface area contributed by atoms with Gasteiger partial charge in [-0.25, -0.2) is 0 Å². The third kappa shape index (κ3) is 2.27. The van der Waals surface area contributed by atoms with Crippen molar-refractivity contribution in [2.24, 2.45) is 0 Å². The Labute approximate surface area is 95.0 Å². The highest BCUT2D eigenvalue weighted by atomic mass is 127. The molecule has 0 aromatic carbocycles. The highest BCUT2D eigenvalue weighted by Crippen LogP contribution is 2.20. The lowest BCUT2D eigenvalue weighted by molar-refractivity contribution is -0.708. The van der Waals surface area contributed by atoms with E-state index in [0.717, 1.165) is 19.3 Å². The van der Waals surface area contributed by atoms with Crippen molar-refractivity contribution in [1.82, 2.24) is 0 Å². The lowest BCUT2D eigenvalue weighted by atomic mass is 10.2. The van der Waals surface area contributed by atoms with Gasteiger partial charge in [0.15, 0.2) is 12.4 Å². The van der Waals surface area contributed by atoms with Gasteiger partial charge in [0.05, 0.1) is 0 Å². The van der Waals surface area contributed by atoms with Gasteiger partial charge in [0.25, 0.3) is 0 Å². The van der Waals surface area contributed by atoms with Gasteiger partial charge in [0.2, 0.25) is 11.8 Å². The number of rotatable bonds is 1. The van der Waals surface area contributed by atoms with Gasteiger partial charge in [0.1, 0.15) is 0 Å². The van der Waals surface area contributed by atoms with E-state index in [1.807, 2.05) is 35.2 Å². The van der Waals surface area contributed by atoms with E-state index >= 15 is 0 Å². The minimum absolute atomic E-state index is 0. The van der Waals surface area contributed by atoms with Crippen LogP contribution in [0.4, 0.5) is 0 Å². The normalized spacial score (nSPS) is 21.2. The summed E-state index contributed by atoms with van der Waals surface area (Å²) < 4.78 is 2.01. The van der Waals surface area contributed by atoms with Gasteiger partial charge in [-0.2, -0.15) is 4.57 Å². The second-order valence-corrected chi connectivity index (χ2v) is 3.20. The van der Waals surface area contributed by atoms with Crippen molar-refractivity contribution in [2.45, 2.75) is 25.3 Å². The molecule has 1 aromatic heterocycles. The fourth-order valence-corrected chi connectivity index (χ4v) is 1.73. The van der Waals surface area contributed by atoms with Crippen molar-refractivity contribution in [3.05, 3.63) is 30.6 Å². The highest BCUT2D eigenvalue weighted by Gasteiger charge is 2.31. The number of carbonyl (C=O) groups excluding carboxylic acids is 1. The number of aromatic nitrogens is 1. The molecule has 1 saturated carbocycles. The number of hydrogen-bond donors (Lipinski definition) is 0. The molecule has 2 rings (SSSR count). The van der Waals surface area contributed by atoms with Crippen molar-refractivity contribution in [3.63, 3.8) is 0 Å². The van der Waals surface area contributed by atoms with E-state index < -0.39 is 0 Å². The van der Waals surface area contributed by atoms with Crippen LogP contribution in [0.3, 0.4) is 0 Å². The average molecular weight is 289 g/mol. The van der Waals surface area contributed by atoms with Gasteiger partial charge >= 0.3 is 0 Å². The summed E-state index contributed by atoms with van der Waals surface area (Å²) in [6, 6.07) is 6.01. The summed E-state index contributed by atoms with van der Waals surface area (Å²) in [6.07, 6.45) is 6.74. The first-order valence-electron chi connectivity index (χ1n) is 4.36. The molecular weight excluding hydrogens is 277 g/mol. The molecule has 1 aromatic rings. The number of hydrogen-bond acceptors (Lipinski definition) is 1. The molecule has 0 saturated heterocycles. The van der Waals surface area contributed by atoms with Crippen molar-refractivity contribution in [2.75, 3.05) is 0 Å². The molecule has 1 aliphatic rings. The fourth-order valence-electron chi connectivity index (χ4n) is 1.73. The van der Waals surface area contributed by atoms with Crippen LogP contribution in [0.15, 0.2) is 30.6 Å². The number of Topliss-reactive ketones (excluding diaryl/α,β-unsaturated/α-hetero) is 1. The SMILES string of the molecule is O=C1CCCC1[n+]1ccccc1.[I-]. The Kier molecular flexibility index (Phi) is 3.84. The van der Waals surface area contributed by atoms with Crippen LogP contribution in [-0.4, -0.2) is 5.78 Å². The first kappa shape index (κ1) is 10.6. The molecule has 0 N–H and O–H groups in total. The quantitative estimate of drug-likeness (QED) is 0.445. The van der Waals surface area contributed by atoms with Crippen LogP contribution in [0, 0.1) is 0 Å². The monoisotopic (exact) mass is 289 g/mol. The zero-order valence-electron chi connectivity index (χ0n) is 7.32. The van der Waals surface area contributed by atoms with Gasteiger partial charge in [-0.1, -0.05) is 6.07 Å². The Hall–Kier alpha value is -0.450. The zero-order valence-corrected chi connectivity index (χ0v) is 9.48. The standard InChI is InChI=1S/C10H12NO.HI/c12-10-6-4-5-9(10)11-7-2-1-3-8-11;/h1-3,7-9H,4-6H2;1H/q+1;/p-1. The van der Waals surface area contributed by atoms with Gasteiger partial charge in [-0.15, -0.1) is 0 Å². The van der Waals surface area contributed by atoms with Crippen molar-refractivity contribution in [3.8, 4) is 0 Å². The first-order chi connectivity index (χ1) is 5.88. The van der Waals surface area contributed by atoms with Crippen LogP contribution in [-0.2, 0) is 4.79 Å². The highest BCUT2D eigenvalue weighted by molar-refractivity contribution is 5.82. The molecule has 0 amide bonds. The van der Waals surface area contributed by atoms with E-state index in [1.54, 1.807) is 0 Å². The molecule has 1 atom stereocenters. The van der Waals surface area contributed by atoms with Crippen LogP contribution >= 0.6 is 0 Å². The maximum absolute atomic E-state index is 11.4. The lowest BCUT2D eigenvalue weighted by Crippen LogP contribution is -3.00.